The number of rotatable bonds is 2. The number of phenolic OH excluding ortho intramolecular Hbond substituents is 2. The lowest BCUT2D eigenvalue weighted by Gasteiger charge is -2.36. The van der Waals surface area contributed by atoms with Crippen LogP contribution in [0.2, 0.25) is 0 Å². The SMILES string of the molecule is Oc1cc2c3c(c1O)CN(Cc1ccccc1)CC3c1ccccc1CC2. The third kappa shape index (κ3) is 2.79. The van der Waals surface area contributed by atoms with Gasteiger partial charge in [0.15, 0.2) is 11.5 Å². The van der Waals surface area contributed by atoms with Crippen LogP contribution in [0.15, 0.2) is 60.7 Å². The third-order valence-electron chi connectivity index (χ3n) is 6.02. The molecule has 0 spiro atoms. The van der Waals surface area contributed by atoms with E-state index in [4.69, 9.17) is 0 Å². The van der Waals surface area contributed by atoms with Gasteiger partial charge in [0.05, 0.1) is 0 Å². The molecule has 0 saturated carbocycles. The van der Waals surface area contributed by atoms with Crippen LogP contribution in [-0.2, 0) is 25.9 Å². The molecule has 0 aromatic heterocycles. The first-order chi connectivity index (χ1) is 13.2. The van der Waals surface area contributed by atoms with E-state index in [1.807, 2.05) is 6.07 Å². The van der Waals surface area contributed by atoms with Crippen molar-refractivity contribution in [1.29, 1.82) is 0 Å². The number of aryl methyl sites for hydroxylation is 2. The van der Waals surface area contributed by atoms with Crippen molar-refractivity contribution >= 4 is 0 Å². The number of phenols is 2. The summed E-state index contributed by atoms with van der Waals surface area (Å²) in [7, 11) is 0. The van der Waals surface area contributed by atoms with Crippen LogP contribution in [0.3, 0.4) is 0 Å². The molecule has 1 atom stereocenters. The number of hydrogen-bond acceptors (Lipinski definition) is 3. The highest BCUT2D eigenvalue weighted by Crippen LogP contribution is 2.46. The molecule has 0 fully saturated rings. The van der Waals surface area contributed by atoms with Gasteiger partial charge in [0.25, 0.3) is 0 Å². The van der Waals surface area contributed by atoms with Crippen molar-refractivity contribution in [2.45, 2.75) is 31.8 Å². The Bertz CT molecular complexity index is 997. The highest BCUT2D eigenvalue weighted by atomic mass is 16.3. The topological polar surface area (TPSA) is 43.7 Å². The van der Waals surface area contributed by atoms with E-state index in [0.29, 0.717) is 6.54 Å². The molecule has 3 nitrogen and oxygen atoms in total. The van der Waals surface area contributed by atoms with Crippen LogP contribution in [0.25, 0.3) is 0 Å². The van der Waals surface area contributed by atoms with Crippen molar-refractivity contribution in [3.05, 3.63) is 94.0 Å². The average molecular weight is 357 g/mol. The maximum atomic E-state index is 10.7. The molecule has 3 aromatic rings. The normalized spacial score (nSPS) is 18.4. The second kappa shape index (κ2) is 6.43. The molecule has 1 unspecified atom stereocenters. The van der Waals surface area contributed by atoms with Gasteiger partial charge < -0.3 is 10.2 Å². The van der Waals surface area contributed by atoms with E-state index >= 15 is 0 Å². The molecule has 0 saturated heterocycles. The van der Waals surface area contributed by atoms with E-state index < -0.39 is 0 Å². The van der Waals surface area contributed by atoms with E-state index in [1.54, 1.807) is 6.07 Å². The monoisotopic (exact) mass is 357 g/mol. The van der Waals surface area contributed by atoms with Crippen molar-refractivity contribution in [3.63, 3.8) is 0 Å². The smallest absolute Gasteiger partial charge is 0.162 e. The maximum absolute atomic E-state index is 10.7. The highest BCUT2D eigenvalue weighted by Gasteiger charge is 2.34. The average Bonchev–Trinajstić information content (AvgIpc) is 2.85. The highest BCUT2D eigenvalue weighted by molar-refractivity contribution is 5.59. The first-order valence-electron chi connectivity index (χ1n) is 9.61. The van der Waals surface area contributed by atoms with Crippen LogP contribution < -0.4 is 0 Å². The Balaban J connectivity index is 1.63. The van der Waals surface area contributed by atoms with Crippen LogP contribution >= 0.6 is 0 Å². The Hall–Kier alpha value is -2.78. The minimum absolute atomic E-state index is 0.00928. The molecular weight excluding hydrogens is 334 g/mol. The van der Waals surface area contributed by atoms with E-state index in [-0.39, 0.29) is 17.4 Å². The zero-order valence-electron chi connectivity index (χ0n) is 15.2. The molecule has 2 N–H and O–H groups in total. The lowest BCUT2D eigenvalue weighted by atomic mass is 9.81. The third-order valence-corrected chi connectivity index (χ3v) is 6.02. The Kier molecular flexibility index (Phi) is 3.91. The van der Waals surface area contributed by atoms with Gasteiger partial charge in [-0.15, -0.1) is 0 Å². The predicted molar refractivity (Wildman–Crippen MR) is 106 cm³/mol. The number of hydrogen-bond donors (Lipinski definition) is 2. The Morgan fingerprint density at radius 1 is 0.889 bits per heavy atom. The van der Waals surface area contributed by atoms with Gasteiger partial charge >= 0.3 is 0 Å². The molecule has 2 aliphatic rings. The van der Waals surface area contributed by atoms with E-state index in [1.165, 1.54) is 27.8 Å². The second-order valence-corrected chi connectivity index (χ2v) is 7.70. The molecule has 1 aliphatic heterocycles. The van der Waals surface area contributed by atoms with Gasteiger partial charge in [-0.3, -0.25) is 4.90 Å². The van der Waals surface area contributed by atoms with Gasteiger partial charge in [0.2, 0.25) is 0 Å². The summed E-state index contributed by atoms with van der Waals surface area (Å²) >= 11 is 0. The van der Waals surface area contributed by atoms with Crippen LogP contribution in [0.5, 0.6) is 11.5 Å². The molecule has 27 heavy (non-hydrogen) atoms. The van der Waals surface area contributed by atoms with Gasteiger partial charge in [0, 0.05) is 31.1 Å². The van der Waals surface area contributed by atoms with Gasteiger partial charge in [0.1, 0.15) is 0 Å². The van der Waals surface area contributed by atoms with Crippen molar-refractivity contribution in [1.82, 2.24) is 4.90 Å². The zero-order chi connectivity index (χ0) is 18.4. The lowest BCUT2D eigenvalue weighted by Crippen LogP contribution is -2.34. The van der Waals surface area contributed by atoms with E-state index in [0.717, 1.165) is 31.5 Å². The number of fused-ring (bicyclic) bond motifs is 2. The zero-order valence-corrected chi connectivity index (χ0v) is 15.2. The molecule has 1 aliphatic carbocycles. The Morgan fingerprint density at radius 2 is 1.63 bits per heavy atom. The fraction of sp³-hybridized carbons (Fsp3) is 0.250. The largest absolute Gasteiger partial charge is 0.504 e. The number of benzene rings is 3. The van der Waals surface area contributed by atoms with Crippen LogP contribution in [0.4, 0.5) is 0 Å². The molecule has 3 heteroatoms. The van der Waals surface area contributed by atoms with Crippen molar-refractivity contribution in [2.75, 3.05) is 6.54 Å². The fourth-order valence-electron chi connectivity index (χ4n) is 4.81. The van der Waals surface area contributed by atoms with Gasteiger partial charge in [-0.25, -0.2) is 0 Å². The second-order valence-electron chi connectivity index (χ2n) is 7.70. The molecule has 136 valence electrons. The maximum Gasteiger partial charge on any atom is 0.162 e. The minimum atomic E-state index is 0.00928. The van der Waals surface area contributed by atoms with Crippen LogP contribution in [-0.4, -0.2) is 21.7 Å². The first kappa shape index (κ1) is 16.4. The summed E-state index contributed by atoms with van der Waals surface area (Å²) in [5, 5.41) is 21.0. The van der Waals surface area contributed by atoms with Crippen molar-refractivity contribution in [2.24, 2.45) is 0 Å². The first-order valence-corrected chi connectivity index (χ1v) is 9.61. The van der Waals surface area contributed by atoms with Crippen LogP contribution in [0, 0.1) is 0 Å². The van der Waals surface area contributed by atoms with Gasteiger partial charge in [-0.1, -0.05) is 54.6 Å². The Morgan fingerprint density at radius 3 is 2.48 bits per heavy atom. The van der Waals surface area contributed by atoms with Gasteiger partial charge in [-0.05, 0) is 46.7 Å². The number of aromatic hydroxyl groups is 2. The molecule has 0 amide bonds. The van der Waals surface area contributed by atoms with Crippen LogP contribution in [0.1, 0.15) is 39.3 Å². The number of nitrogens with zero attached hydrogens (tertiary/aromatic N) is 1. The lowest BCUT2D eigenvalue weighted by molar-refractivity contribution is 0.226. The summed E-state index contributed by atoms with van der Waals surface area (Å²) in [4.78, 5) is 2.38. The quantitative estimate of drug-likeness (QED) is 0.671. The molecule has 1 heterocycles. The minimum Gasteiger partial charge on any atom is -0.504 e. The molecule has 0 radical (unpaired) electrons. The summed E-state index contributed by atoms with van der Waals surface area (Å²) in [5.41, 5.74) is 7.32. The summed E-state index contributed by atoms with van der Waals surface area (Å²) in [6.07, 6.45) is 1.88. The van der Waals surface area contributed by atoms with Crippen molar-refractivity contribution in [3.8, 4) is 11.5 Å². The van der Waals surface area contributed by atoms with E-state index in [2.05, 4.69) is 53.4 Å². The Labute approximate surface area is 159 Å². The molecule has 3 aromatic carbocycles. The predicted octanol–water partition coefficient (Wildman–Crippen LogP) is 4.34. The summed E-state index contributed by atoms with van der Waals surface area (Å²) < 4.78 is 0. The fourth-order valence-corrected chi connectivity index (χ4v) is 4.81. The molecule has 0 bridgehead atoms. The summed E-state index contributed by atoms with van der Waals surface area (Å²) in [6.45, 7) is 2.43. The molecular formula is C24H23NO2. The van der Waals surface area contributed by atoms with E-state index in [9.17, 15) is 10.2 Å². The standard InChI is InChI=1S/C24H23NO2/c26-22-12-18-11-10-17-8-4-5-9-19(17)20-14-25(13-16-6-2-1-3-7-16)15-21(23(18)20)24(22)27/h1-9,12,20,26-27H,10-11,13-15H2. The van der Waals surface area contributed by atoms with Crippen molar-refractivity contribution < 1.29 is 10.2 Å². The molecule has 5 rings (SSSR count). The van der Waals surface area contributed by atoms with Gasteiger partial charge in [-0.2, -0.15) is 0 Å². The summed E-state index contributed by atoms with van der Waals surface area (Å²) in [5.74, 6) is 0.295. The summed E-state index contributed by atoms with van der Waals surface area (Å²) in [6, 6.07) is 20.9.